The first kappa shape index (κ1) is 14.1. The van der Waals surface area contributed by atoms with Gasteiger partial charge in [-0.3, -0.25) is 4.79 Å². The van der Waals surface area contributed by atoms with Crippen LogP contribution in [0, 0.1) is 6.92 Å². The summed E-state index contributed by atoms with van der Waals surface area (Å²) in [5.41, 5.74) is 2.79. The minimum absolute atomic E-state index is 0.0759. The lowest BCUT2D eigenvalue weighted by Crippen LogP contribution is -2.14. The van der Waals surface area contributed by atoms with Gasteiger partial charge in [-0.15, -0.1) is 0 Å². The van der Waals surface area contributed by atoms with Crippen LogP contribution in [-0.2, 0) is 11.2 Å². The van der Waals surface area contributed by atoms with Gasteiger partial charge in [0.1, 0.15) is 0 Å². The van der Waals surface area contributed by atoms with Gasteiger partial charge in [0.15, 0.2) is 0 Å². The van der Waals surface area contributed by atoms with E-state index in [0.717, 1.165) is 10.0 Å². The third-order valence-electron chi connectivity index (χ3n) is 2.69. The number of benzene rings is 2. The van der Waals surface area contributed by atoms with Crippen LogP contribution in [0.5, 0.6) is 0 Å². The van der Waals surface area contributed by atoms with Crippen molar-refractivity contribution in [3.8, 4) is 0 Å². The number of carbonyl (C=O) groups is 1. The topological polar surface area (TPSA) is 29.1 Å². The molecule has 0 heterocycles. The first-order chi connectivity index (χ1) is 9.04. The van der Waals surface area contributed by atoms with Gasteiger partial charge in [-0.2, -0.15) is 0 Å². The largest absolute Gasteiger partial charge is 0.324 e. The van der Waals surface area contributed by atoms with Gasteiger partial charge in [0.25, 0.3) is 0 Å². The normalized spacial score (nSPS) is 10.3. The molecule has 0 saturated heterocycles. The Morgan fingerprint density at radius 2 is 1.89 bits per heavy atom. The maximum Gasteiger partial charge on any atom is 0.228 e. The van der Waals surface area contributed by atoms with E-state index in [9.17, 15) is 4.79 Å². The molecular formula is C15H13BrClNO. The van der Waals surface area contributed by atoms with Crippen LogP contribution in [-0.4, -0.2) is 5.91 Å². The Morgan fingerprint density at radius 3 is 2.53 bits per heavy atom. The summed E-state index contributed by atoms with van der Waals surface area (Å²) >= 11 is 9.38. The molecule has 2 aromatic rings. The van der Waals surface area contributed by atoms with E-state index in [-0.39, 0.29) is 5.91 Å². The molecule has 2 aromatic carbocycles. The summed E-state index contributed by atoms with van der Waals surface area (Å²) in [6.45, 7) is 2.02. The first-order valence-electron chi connectivity index (χ1n) is 5.85. The number of anilines is 1. The van der Waals surface area contributed by atoms with E-state index in [4.69, 9.17) is 11.6 Å². The molecule has 98 valence electrons. The fourth-order valence-electron chi connectivity index (χ4n) is 1.68. The van der Waals surface area contributed by atoms with Crippen molar-refractivity contribution in [3.05, 3.63) is 63.1 Å². The third kappa shape index (κ3) is 4.08. The molecule has 2 nitrogen and oxygen atoms in total. The van der Waals surface area contributed by atoms with Gasteiger partial charge in [0.2, 0.25) is 5.91 Å². The zero-order valence-corrected chi connectivity index (χ0v) is 12.8. The molecule has 0 unspecified atom stereocenters. The standard InChI is InChI=1S/C15H13BrClNO/c1-10-2-4-11(5-3-10)8-15(19)18-14-7-6-12(16)9-13(14)17/h2-7,9H,8H2,1H3,(H,18,19). The molecule has 19 heavy (non-hydrogen) atoms. The van der Waals surface area contributed by atoms with Gasteiger partial charge in [0.05, 0.1) is 17.1 Å². The van der Waals surface area contributed by atoms with Crippen LogP contribution in [0.4, 0.5) is 5.69 Å². The van der Waals surface area contributed by atoms with Crippen LogP contribution in [0.2, 0.25) is 5.02 Å². The predicted molar refractivity (Wildman–Crippen MR) is 82.7 cm³/mol. The number of hydrogen-bond donors (Lipinski definition) is 1. The fraction of sp³-hybridized carbons (Fsp3) is 0.133. The number of aryl methyl sites for hydroxylation is 1. The lowest BCUT2D eigenvalue weighted by molar-refractivity contribution is -0.115. The second-order valence-electron chi connectivity index (χ2n) is 4.33. The molecule has 0 spiro atoms. The van der Waals surface area contributed by atoms with E-state index in [2.05, 4.69) is 21.2 Å². The maximum absolute atomic E-state index is 11.9. The maximum atomic E-state index is 11.9. The van der Waals surface area contributed by atoms with Crippen LogP contribution < -0.4 is 5.32 Å². The van der Waals surface area contributed by atoms with Crippen molar-refractivity contribution in [3.63, 3.8) is 0 Å². The molecule has 0 bridgehead atoms. The summed E-state index contributed by atoms with van der Waals surface area (Å²) in [4.78, 5) is 11.9. The van der Waals surface area contributed by atoms with Gasteiger partial charge < -0.3 is 5.32 Å². The second-order valence-corrected chi connectivity index (χ2v) is 5.66. The highest BCUT2D eigenvalue weighted by atomic mass is 79.9. The van der Waals surface area contributed by atoms with E-state index >= 15 is 0 Å². The molecule has 2 rings (SSSR count). The number of amides is 1. The van der Waals surface area contributed by atoms with Crippen molar-refractivity contribution >= 4 is 39.1 Å². The minimum atomic E-state index is -0.0759. The predicted octanol–water partition coefficient (Wildman–Crippen LogP) is 4.59. The molecule has 0 fully saturated rings. The Morgan fingerprint density at radius 1 is 1.21 bits per heavy atom. The number of hydrogen-bond acceptors (Lipinski definition) is 1. The fourth-order valence-corrected chi connectivity index (χ4v) is 2.40. The molecule has 0 radical (unpaired) electrons. The van der Waals surface area contributed by atoms with Crippen LogP contribution >= 0.6 is 27.5 Å². The Labute approximate surface area is 125 Å². The zero-order valence-electron chi connectivity index (χ0n) is 10.4. The van der Waals surface area contributed by atoms with Crippen molar-refractivity contribution in [2.75, 3.05) is 5.32 Å². The zero-order chi connectivity index (χ0) is 13.8. The van der Waals surface area contributed by atoms with E-state index in [1.54, 1.807) is 12.1 Å². The monoisotopic (exact) mass is 337 g/mol. The molecule has 0 aliphatic heterocycles. The van der Waals surface area contributed by atoms with Gasteiger partial charge >= 0.3 is 0 Å². The second kappa shape index (κ2) is 6.22. The van der Waals surface area contributed by atoms with Crippen LogP contribution in [0.1, 0.15) is 11.1 Å². The average Bonchev–Trinajstić information content (AvgIpc) is 2.36. The third-order valence-corrected chi connectivity index (χ3v) is 3.50. The summed E-state index contributed by atoms with van der Waals surface area (Å²) < 4.78 is 0.883. The summed E-state index contributed by atoms with van der Waals surface area (Å²) in [5, 5.41) is 3.33. The summed E-state index contributed by atoms with van der Waals surface area (Å²) in [5.74, 6) is -0.0759. The number of carbonyl (C=O) groups excluding carboxylic acids is 1. The number of rotatable bonds is 3. The molecule has 0 aliphatic carbocycles. The lowest BCUT2D eigenvalue weighted by Gasteiger charge is -2.07. The quantitative estimate of drug-likeness (QED) is 0.871. The van der Waals surface area contributed by atoms with Crippen LogP contribution in [0.15, 0.2) is 46.9 Å². The van der Waals surface area contributed by atoms with Crippen molar-refractivity contribution in [1.29, 1.82) is 0 Å². The van der Waals surface area contributed by atoms with Gasteiger partial charge in [-0.1, -0.05) is 57.4 Å². The van der Waals surface area contributed by atoms with Crippen LogP contribution in [0.25, 0.3) is 0 Å². The highest BCUT2D eigenvalue weighted by molar-refractivity contribution is 9.10. The van der Waals surface area contributed by atoms with Crippen molar-refractivity contribution in [2.24, 2.45) is 0 Å². The van der Waals surface area contributed by atoms with E-state index in [1.807, 2.05) is 37.3 Å². The van der Waals surface area contributed by atoms with Gasteiger partial charge in [-0.05, 0) is 30.7 Å². The Bertz CT molecular complexity index is 596. The molecular weight excluding hydrogens is 326 g/mol. The van der Waals surface area contributed by atoms with Crippen molar-refractivity contribution < 1.29 is 4.79 Å². The van der Waals surface area contributed by atoms with Crippen molar-refractivity contribution in [1.82, 2.24) is 0 Å². The lowest BCUT2D eigenvalue weighted by atomic mass is 10.1. The molecule has 4 heteroatoms. The van der Waals surface area contributed by atoms with Gasteiger partial charge in [0, 0.05) is 4.47 Å². The first-order valence-corrected chi connectivity index (χ1v) is 7.02. The average molecular weight is 339 g/mol. The Hall–Kier alpha value is -1.32. The van der Waals surface area contributed by atoms with E-state index in [0.29, 0.717) is 17.1 Å². The highest BCUT2D eigenvalue weighted by Gasteiger charge is 2.07. The number of nitrogens with one attached hydrogen (secondary N) is 1. The number of halogens is 2. The highest BCUT2D eigenvalue weighted by Crippen LogP contribution is 2.25. The van der Waals surface area contributed by atoms with E-state index < -0.39 is 0 Å². The Balaban J connectivity index is 2.03. The molecule has 0 atom stereocenters. The Kier molecular flexibility index (Phi) is 4.61. The summed E-state index contributed by atoms with van der Waals surface area (Å²) in [6, 6.07) is 13.3. The van der Waals surface area contributed by atoms with Crippen LogP contribution in [0.3, 0.4) is 0 Å². The molecule has 0 aromatic heterocycles. The van der Waals surface area contributed by atoms with Crippen molar-refractivity contribution in [2.45, 2.75) is 13.3 Å². The minimum Gasteiger partial charge on any atom is -0.324 e. The summed E-state index contributed by atoms with van der Waals surface area (Å²) in [6.07, 6.45) is 0.340. The smallest absolute Gasteiger partial charge is 0.228 e. The molecule has 0 saturated carbocycles. The summed E-state index contributed by atoms with van der Waals surface area (Å²) in [7, 11) is 0. The SMILES string of the molecule is Cc1ccc(CC(=O)Nc2ccc(Br)cc2Cl)cc1. The molecule has 1 N–H and O–H groups in total. The molecule has 0 aliphatic rings. The van der Waals surface area contributed by atoms with Gasteiger partial charge in [-0.25, -0.2) is 0 Å². The van der Waals surface area contributed by atoms with E-state index in [1.165, 1.54) is 5.56 Å². The molecule has 1 amide bonds.